The van der Waals surface area contributed by atoms with Crippen LogP contribution in [0.5, 0.6) is 0 Å². The van der Waals surface area contributed by atoms with Gasteiger partial charge < -0.3 is 15.7 Å². The number of nitrogens with one attached hydrogen (secondary N) is 2. The second-order valence-corrected chi connectivity index (χ2v) is 5.55. The maximum atomic E-state index is 13.5. The van der Waals surface area contributed by atoms with E-state index < -0.39 is 11.9 Å². The number of rotatable bonds is 6. The van der Waals surface area contributed by atoms with Gasteiger partial charge in [0.2, 0.25) is 0 Å². The Balaban J connectivity index is 1.72. The number of carbonyl (C=O) groups is 1. The van der Waals surface area contributed by atoms with E-state index in [2.05, 4.69) is 22.5 Å². The molecule has 1 saturated heterocycles. The van der Waals surface area contributed by atoms with Gasteiger partial charge in [-0.05, 0) is 32.0 Å². The third kappa shape index (κ3) is 4.42. The van der Waals surface area contributed by atoms with Crippen LogP contribution in [0.25, 0.3) is 0 Å². The second kappa shape index (κ2) is 8.10. The lowest BCUT2D eigenvalue weighted by molar-refractivity contribution is 0.168. The summed E-state index contributed by atoms with van der Waals surface area (Å²) in [6.07, 6.45) is 1.20. The summed E-state index contributed by atoms with van der Waals surface area (Å²) in [5.41, 5.74) is 0.191. The van der Waals surface area contributed by atoms with Crippen LogP contribution in [0, 0.1) is 5.82 Å². The molecule has 1 aliphatic heterocycles. The summed E-state index contributed by atoms with van der Waals surface area (Å²) in [5, 5.41) is 15.3. The van der Waals surface area contributed by atoms with Crippen LogP contribution < -0.4 is 10.6 Å². The van der Waals surface area contributed by atoms with Crippen LogP contribution >= 0.6 is 0 Å². The van der Waals surface area contributed by atoms with Gasteiger partial charge in [-0.15, -0.1) is 0 Å². The van der Waals surface area contributed by atoms with Crippen molar-refractivity contribution in [3.63, 3.8) is 0 Å². The lowest BCUT2D eigenvalue weighted by Crippen LogP contribution is -2.44. The summed E-state index contributed by atoms with van der Waals surface area (Å²) in [5.74, 6) is -0.471. The first-order valence-corrected chi connectivity index (χ1v) is 7.80. The predicted molar refractivity (Wildman–Crippen MR) is 83.0 cm³/mol. The van der Waals surface area contributed by atoms with Crippen molar-refractivity contribution in [1.82, 2.24) is 15.5 Å². The summed E-state index contributed by atoms with van der Waals surface area (Å²) in [6.45, 7) is 4.75. The van der Waals surface area contributed by atoms with Crippen LogP contribution in [0.2, 0.25) is 0 Å². The SMILES string of the molecule is CCN1CCCC1CNC(=O)NCC(O)c1ccccc1F. The van der Waals surface area contributed by atoms with Crippen LogP contribution in [-0.2, 0) is 0 Å². The molecule has 1 fully saturated rings. The van der Waals surface area contributed by atoms with E-state index in [-0.39, 0.29) is 18.1 Å². The molecule has 3 N–H and O–H groups in total. The van der Waals surface area contributed by atoms with Gasteiger partial charge in [-0.1, -0.05) is 25.1 Å². The third-order valence-corrected chi connectivity index (χ3v) is 4.12. The molecule has 22 heavy (non-hydrogen) atoms. The second-order valence-electron chi connectivity index (χ2n) is 5.55. The number of benzene rings is 1. The molecule has 6 heteroatoms. The summed E-state index contributed by atoms with van der Waals surface area (Å²) < 4.78 is 13.5. The van der Waals surface area contributed by atoms with E-state index in [1.807, 2.05) is 0 Å². The molecular weight excluding hydrogens is 285 g/mol. The fourth-order valence-corrected chi connectivity index (χ4v) is 2.86. The van der Waals surface area contributed by atoms with Gasteiger partial charge >= 0.3 is 6.03 Å². The molecule has 2 amide bonds. The Morgan fingerprint density at radius 1 is 1.45 bits per heavy atom. The maximum Gasteiger partial charge on any atom is 0.314 e. The number of hydrogen-bond acceptors (Lipinski definition) is 3. The quantitative estimate of drug-likeness (QED) is 0.748. The number of nitrogens with zero attached hydrogens (tertiary/aromatic N) is 1. The first-order chi connectivity index (χ1) is 10.6. The summed E-state index contributed by atoms with van der Waals surface area (Å²) >= 11 is 0. The minimum Gasteiger partial charge on any atom is -0.386 e. The zero-order chi connectivity index (χ0) is 15.9. The fraction of sp³-hybridized carbons (Fsp3) is 0.562. The van der Waals surface area contributed by atoms with Crippen molar-refractivity contribution >= 4 is 6.03 Å². The first-order valence-electron chi connectivity index (χ1n) is 7.80. The number of amides is 2. The van der Waals surface area contributed by atoms with Crippen LogP contribution in [0.4, 0.5) is 9.18 Å². The average Bonchev–Trinajstić information content (AvgIpc) is 2.98. The normalized spacial score (nSPS) is 19.9. The van der Waals surface area contributed by atoms with E-state index in [1.54, 1.807) is 12.1 Å². The minimum absolute atomic E-state index is 0.0189. The maximum absolute atomic E-state index is 13.5. The van der Waals surface area contributed by atoms with E-state index in [0.29, 0.717) is 12.6 Å². The van der Waals surface area contributed by atoms with Crippen molar-refractivity contribution in [3.05, 3.63) is 35.6 Å². The Hall–Kier alpha value is -1.66. The van der Waals surface area contributed by atoms with Crippen LogP contribution in [0.1, 0.15) is 31.4 Å². The molecule has 0 spiro atoms. The summed E-state index contributed by atoms with van der Waals surface area (Å²) in [6, 6.07) is 6.06. The summed E-state index contributed by atoms with van der Waals surface area (Å²) in [4.78, 5) is 14.1. The molecule has 122 valence electrons. The van der Waals surface area contributed by atoms with Gasteiger partial charge in [0.1, 0.15) is 5.82 Å². The largest absolute Gasteiger partial charge is 0.386 e. The minimum atomic E-state index is -1.05. The average molecular weight is 309 g/mol. The van der Waals surface area contributed by atoms with E-state index >= 15 is 0 Å². The number of halogens is 1. The Morgan fingerprint density at radius 3 is 2.95 bits per heavy atom. The van der Waals surface area contributed by atoms with E-state index in [4.69, 9.17) is 0 Å². The molecule has 0 aromatic heterocycles. The highest BCUT2D eigenvalue weighted by Gasteiger charge is 2.23. The zero-order valence-corrected chi connectivity index (χ0v) is 12.9. The van der Waals surface area contributed by atoms with Gasteiger partial charge in [0.25, 0.3) is 0 Å². The molecule has 1 heterocycles. The molecule has 0 bridgehead atoms. The van der Waals surface area contributed by atoms with Gasteiger partial charge in [-0.2, -0.15) is 0 Å². The number of carbonyl (C=O) groups excluding carboxylic acids is 1. The lowest BCUT2D eigenvalue weighted by atomic mass is 10.1. The Morgan fingerprint density at radius 2 is 2.23 bits per heavy atom. The molecule has 1 aliphatic rings. The first kappa shape index (κ1) is 16.7. The number of urea groups is 1. The number of likely N-dealkylation sites (N-methyl/N-ethyl adjacent to an activating group) is 1. The number of likely N-dealkylation sites (tertiary alicyclic amines) is 1. The Bertz CT molecular complexity index is 498. The molecule has 0 saturated carbocycles. The molecule has 0 radical (unpaired) electrons. The lowest BCUT2D eigenvalue weighted by Gasteiger charge is -2.23. The Labute approximate surface area is 130 Å². The topological polar surface area (TPSA) is 64.6 Å². The highest BCUT2D eigenvalue weighted by molar-refractivity contribution is 5.73. The van der Waals surface area contributed by atoms with Crippen molar-refractivity contribution in [2.75, 3.05) is 26.2 Å². The highest BCUT2D eigenvalue weighted by Crippen LogP contribution is 2.16. The van der Waals surface area contributed by atoms with E-state index in [9.17, 15) is 14.3 Å². The van der Waals surface area contributed by atoms with Gasteiger partial charge in [-0.3, -0.25) is 4.90 Å². The molecular formula is C16H24FN3O2. The van der Waals surface area contributed by atoms with Crippen molar-refractivity contribution < 1.29 is 14.3 Å². The monoisotopic (exact) mass is 309 g/mol. The zero-order valence-electron chi connectivity index (χ0n) is 12.9. The molecule has 1 aromatic carbocycles. The number of aliphatic hydroxyl groups is 1. The molecule has 2 unspecified atom stereocenters. The number of hydrogen-bond donors (Lipinski definition) is 3. The predicted octanol–water partition coefficient (Wildman–Crippen LogP) is 1.64. The van der Waals surface area contributed by atoms with Crippen LogP contribution in [0.15, 0.2) is 24.3 Å². The standard InChI is InChI=1S/C16H24FN3O2/c1-2-20-9-5-6-12(20)10-18-16(22)19-11-15(21)13-7-3-4-8-14(13)17/h3-4,7-8,12,15,21H,2,5-6,9-11H2,1H3,(H2,18,19,22). The van der Waals surface area contributed by atoms with Crippen molar-refractivity contribution in [2.24, 2.45) is 0 Å². The number of aliphatic hydroxyl groups excluding tert-OH is 1. The van der Waals surface area contributed by atoms with E-state index in [1.165, 1.54) is 12.1 Å². The molecule has 0 aliphatic carbocycles. The third-order valence-electron chi connectivity index (χ3n) is 4.12. The van der Waals surface area contributed by atoms with Gasteiger partial charge in [-0.25, -0.2) is 9.18 Å². The molecule has 2 atom stereocenters. The van der Waals surface area contributed by atoms with Gasteiger partial charge in [0.15, 0.2) is 0 Å². The highest BCUT2D eigenvalue weighted by atomic mass is 19.1. The molecule has 1 aromatic rings. The van der Waals surface area contributed by atoms with Crippen LogP contribution in [0.3, 0.4) is 0 Å². The molecule has 5 nitrogen and oxygen atoms in total. The van der Waals surface area contributed by atoms with Crippen molar-refractivity contribution in [2.45, 2.75) is 31.9 Å². The van der Waals surface area contributed by atoms with Crippen LogP contribution in [-0.4, -0.2) is 48.3 Å². The van der Waals surface area contributed by atoms with Gasteiger partial charge in [0, 0.05) is 24.7 Å². The van der Waals surface area contributed by atoms with Crippen molar-refractivity contribution in [1.29, 1.82) is 0 Å². The molecule has 2 rings (SSSR count). The fourth-order valence-electron chi connectivity index (χ4n) is 2.86. The van der Waals surface area contributed by atoms with Crippen molar-refractivity contribution in [3.8, 4) is 0 Å². The van der Waals surface area contributed by atoms with E-state index in [0.717, 1.165) is 25.9 Å². The van der Waals surface area contributed by atoms with Gasteiger partial charge in [0.05, 0.1) is 6.10 Å². The summed E-state index contributed by atoms with van der Waals surface area (Å²) in [7, 11) is 0. The smallest absolute Gasteiger partial charge is 0.314 e. The Kier molecular flexibility index (Phi) is 6.15.